The molecule has 0 aliphatic rings. The zero-order valence-electron chi connectivity index (χ0n) is 18.4. The Balaban J connectivity index is 1.71. The monoisotopic (exact) mass is 499 g/mol. The lowest BCUT2D eigenvalue weighted by Crippen LogP contribution is -2.20. The summed E-state index contributed by atoms with van der Waals surface area (Å²) in [6, 6.07) is 6.51. The fraction of sp³-hybridized carbons (Fsp3) is 0.227. The highest BCUT2D eigenvalue weighted by Crippen LogP contribution is 2.35. The van der Waals surface area contributed by atoms with E-state index in [9.17, 15) is 9.59 Å². The molecule has 0 amide bonds. The largest absolute Gasteiger partial charge is 0.439 e. The molecule has 5 rings (SSSR count). The minimum Gasteiger partial charge on any atom is -0.377 e. The summed E-state index contributed by atoms with van der Waals surface area (Å²) in [6.45, 7) is 4.52. The molecule has 34 heavy (non-hydrogen) atoms. The lowest BCUT2D eigenvalue weighted by Gasteiger charge is -2.20. The molecule has 0 spiro atoms. The van der Waals surface area contributed by atoms with E-state index in [1.165, 1.54) is 0 Å². The number of hydrogen-bond donors (Lipinski definition) is 2. The van der Waals surface area contributed by atoms with Gasteiger partial charge in [0, 0.05) is 40.8 Å². The Labute approximate surface area is 202 Å². The van der Waals surface area contributed by atoms with Crippen LogP contribution < -0.4 is 16.6 Å². The van der Waals surface area contributed by atoms with E-state index in [0.717, 1.165) is 22.0 Å². The topological polar surface area (TPSA) is 124 Å². The predicted molar refractivity (Wildman–Crippen MR) is 131 cm³/mol. The molecule has 4 aromatic heterocycles. The van der Waals surface area contributed by atoms with Crippen molar-refractivity contribution in [1.82, 2.24) is 29.5 Å². The maximum Gasteiger partial charge on any atom is 0.439 e. The molecule has 0 saturated carbocycles. The Kier molecular flexibility index (Phi) is 5.41. The first kappa shape index (κ1) is 22.2. The molecule has 0 aliphatic carbocycles. The first-order valence-electron chi connectivity index (χ1n) is 10.5. The van der Waals surface area contributed by atoms with Gasteiger partial charge >= 0.3 is 5.76 Å². The molecule has 0 radical (unpaired) electrons. The Morgan fingerprint density at radius 1 is 1.21 bits per heavy atom. The van der Waals surface area contributed by atoms with E-state index < -0.39 is 5.76 Å². The van der Waals surface area contributed by atoms with Crippen molar-refractivity contribution in [2.45, 2.75) is 26.4 Å². The van der Waals surface area contributed by atoms with E-state index in [0.29, 0.717) is 28.3 Å². The van der Waals surface area contributed by atoms with Crippen LogP contribution in [-0.4, -0.2) is 29.5 Å². The second kappa shape index (κ2) is 8.30. The third-order valence-electron chi connectivity index (χ3n) is 5.73. The summed E-state index contributed by atoms with van der Waals surface area (Å²) >= 11 is 12.5. The lowest BCUT2D eigenvalue weighted by molar-refractivity contribution is 0.388. The van der Waals surface area contributed by atoms with Gasteiger partial charge in [-0.25, -0.2) is 14.5 Å². The first-order chi connectivity index (χ1) is 16.3. The van der Waals surface area contributed by atoms with Crippen LogP contribution in [0.2, 0.25) is 10.2 Å². The Bertz CT molecular complexity index is 1680. The zero-order valence-corrected chi connectivity index (χ0v) is 19.9. The summed E-state index contributed by atoms with van der Waals surface area (Å²) in [5, 5.41) is 14.3. The first-order valence-corrected chi connectivity index (χ1v) is 11.2. The average molecular weight is 500 g/mol. The molecule has 0 bridgehead atoms. The summed E-state index contributed by atoms with van der Waals surface area (Å²) in [5.41, 5.74) is 2.23. The number of anilines is 1. The predicted octanol–water partition coefficient (Wildman–Crippen LogP) is 4.13. The summed E-state index contributed by atoms with van der Waals surface area (Å²) < 4.78 is 8.00. The molecule has 0 aliphatic heterocycles. The standard InChI is InChI=1S/C22H19Cl2N7O3/c1-4-31-20-14(9-25-31)17-12(7-11(23)8-13(17)21(32)30(20)3)10(2)26-15-5-6-16(24)27-18(15)19-28-22(33)34-29-19/h5-10,26H,4H2,1-3H3,(H,28,29,33). The van der Waals surface area contributed by atoms with Crippen molar-refractivity contribution < 1.29 is 4.52 Å². The second-order valence-corrected chi connectivity index (χ2v) is 8.64. The molecule has 174 valence electrons. The van der Waals surface area contributed by atoms with Gasteiger partial charge in [0.15, 0.2) is 0 Å². The van der Waals surface area contributed by atoms with E-state index in [1.54, 1.807) is 40.7 Å². The average Bonchev–Trinajstić information content (AvgIpc) is 3.44. The molecule has 12 heteroatoms. The Hall–Kier alpha value is -3.63. The smallest absolute Gasteiger partial charge is 0.377 e. The number of fused-ring (bicyclic) bond motifs is 3. The van der Waals surface area contributed by atoms with Crippen molar-refractivity contribution in [2.75, 3.05) is 5.32 Å². The van der Waals surface area contributed by atoms with Crippen LogP contribution in [0.5, 0.6) is 0 Å². The van der Waals surface area contributed by atoms with Crippen LogP contribution in [0, 0.1) is 0 Å². The van der Waals surface area contributed by atoms with Crippen molar-refractivity contribution >= 4 is 50.7 Å². The highest BCUT2D eigenvalue weighted by molar-refractivity contribution is 6.32. The van der Waals surface area contributed by atoms with Crippen molar-refractivity contribution in [1.29, 1.82) is 0 Å². The van der Waals surface area contributed by atoms with Crippen molar-refractivity contribution in [3.8, 4) is 11.5 Å². The van der Waals surface area contributed by atoms with E-state index in [-0.39, 0.29) is 22.6 Å². The minimum atomic E-state index is -0.706. The van der Waals surface area contributed by atoms with Crippen LogP contribution in [0.15, 0.2) is 44.6 Å². The number of aryl methyl sites for hydroxylation is 2. The molecule has 5 aromatic rings. The molecule has 4 heterocycles. The van der Waals surface area contributed by atoms with Gasteiger partial charge in [-0.2, -0.15) is 5.10 Å². The van der Waals surface area contributed by atoms with Crippen LogP contribution in [0.3, 0.4) is 0 Å². The number of aromatic amines is 1. The number of nitrogens with zero attached hydrogens (tertiary/aromatic N) is 5. The molecular formula is C22H19Cl2N7O3. The molecule has 1 aromatic carbocycles. The van der Waals surface area contributed by atoms with Crippen LogP contribution >= 0.6 is 23.2 Å². The van der Waals surface area contributed by atoms with Gasteiger partial charge in [-0.15, -0.1) is 0 Å². The summed E-state index contributed by atoms with van der Waals surface area (Å²) in [7, 11) is 1.73. The quantitative estimate of drug-likeness (QED) is 0.348. The number of benzene rings is 1. The van der Waals surface area contributed by atoms with Gasteiger partial charge in [0.2, 0.25) is 5.82 Å². The Morgan fingerprint density at radius 3 is 2.71 bits per heavy atom. The van der Waals surface area contributed by atoms with E-state index in [1.807, 2.05) is 19.9 Å². The van der Waals surface area contributed by atoms with Crippen molar-refractivity contribution in [3.63, 3.8) is 0 Å². The number of aromatic nitrogens is 6. The highest BCUT2D eigenvalue weighted by atomic mass is 35.5. The number of hydrogen-bond acceptors (Lipinski definition) is 7. The summed E-state index contributed by atoms with van der Waals surface area (Å²) in [6.07, 6.45) is 1.76. The fourth-order valence-corrected chi connectivity index (χ4v) is 4.61. The summed E-state index contributed by atoms with van der Waals surface area (Å²) in [5.74, 6) is -0.568. The number of nitrogens with one attached hydrogen (secondary N) is 2. The van der Waals surface area contributed by atoms with Crippen LogP contribution in [0.1, 0.15) is 25.5 Å². The van der Waals surface area contributed by atoms with Gasteiger partial charge in [-0.05, 0) is 43.7 Å². The van der Waals surface area contributed by atoms with Crippen LogP contribution in [0.4, 0.5) is 5.69 Å². The normalized spacial score (nSPS) is 12.5. The maximum absolute atomic E-state index is 13.2. The fourth-order valence-electron chi connectivity index (χ4n) is 4.23. The van der Waals surface area contributed by atoms with Gasteiger partial charge in [0.1, 0.15) is 16.5 Å². The number of pyridine rings is 2. The summed E-state index contributed by atoms with van der Waals surface area (Å²) in [4.78, 5) is 31.5. The molecule has 1 unspecified atom stereocenters. The van der Waals surface area contributed by atoms with E-state index >= 15 is 0 Å². The van der Waals surface area contributed by atoms with Gasteiger partial charge in [-0.3, -0.25) is 18.9 Å². The minimum absolute atomic E-state index is 0.138. The van der Waals surface area contributed by atoms with Gasteiger partial charge in [0.25, 0.3) is 5.56 Å². The third kappa shape index (κ3) is 3.55. The molecule has 10 nitrogen and oxygen atoms in total. The molecule has 2 N–H and O–H groups in total. The maximum atomic E-state index is 13.2. The number of rotatable bonds is 5. The van der Waals surface area contributed by atoms with Gasteiger partial charge in [-0.1, -0.05) is 28.4 Å². The van der Waals surface area contributed by atoms with Crippen LogP contribution in [0.25, 0.3) is 33.3 Å². The lowest BCUT2D eigenvalue weighted by atomic mass is 9.98. The highest BCUT2D eigenvalue weighted by Gasteiger charge is 2.21. The van der Waals surface area contributed by atoms with E-state index in [4.69, 9.17) is 23.2 Å². The third-order valence-corrected chi connectivity index (χ3v) is 6.16. The SMILES string of the molecule is CCn1ncc2c3c(C(C)Nc4ccc(Cl)nc4-c4noc(=O)[nH]4)cc(Cl)cc3c(=O)n(C)c21. The van der Waals surface area contributed by atoms with E-state index in [2.05, 4.69) is 30.1 Å². The van der Waals surface area contributed by atoms with Gasteiger partial charge in [0.05, 0.1) is 11.9 Å². The van der Waals surface area contributed by atoms with Crippen molar-refractivity contribution in [3.05, 3.63) is 67.1 Å². The molecule has 0 fully saturated rings. The molecular weight excluding hydrogens is 481 g/mol. The Morgan fingerprint density at radius 2 is 2.00 bits per heavy atom. The second-order valence-electron chi connectivity index (χ2n) is 7.82. The molecule has 1 atom stereocenters. The number of halogens is 2. The molecule has 0 saturated heterocycles. The zero-order chi connectivity index (χ0) is 24.1. The van der Waals surface area contributed by atoms with Crippen molar-refractivity contribution in [2.24, 2.45) is 7.05 Å². The van der Waals surface area contributed by atoms with Gasteiger partial charge < -0.3 is 5.32 Å². The van der Waals surface area contributed by atoms with Crippen LogP contribution in [-0.2, 0) is 13.6 Å². The number of H-pyrrole nitrogens is 1.